The zero-order valence-electron chi connectivity index (χ0n) is 18.5. The van der Waals surface area contributed by atoms with Crippen molar-refractivity contribution in [2.45, 2.75) is 31.4 Å². The lowest BCUT2D eigenvalue weighted by molar-refractivity contribution is -0.116. The number of hydrogen-bond acceptors (Lipinski definition) is 5. The largest absolute Gasteiger partial charge is 0.459 e. The zero-order valence-corrected chi connectivity index (χ0v) is 19.3. The Morgan fingerprint density at radius 1 is 1.00 bits per heavy atom. The average Bonchev–Trinajstić information content (AvgIpc) is 3.18. The first kappa shape index (κ1) is 23.3. The van der Waals surface area contributed by atoms with Gasteiger partial charge in [-0.15, -0.1) is 0 Å². The highest BCUT2D eigenvalue weighted by Crippen LogP contribution is 2.23. The van der Waals surface area contributed by atoms with E-state index in [1.54, 1.807) is 18.2 Å². The lowest BCUT2D eigenvalue weighted by atomic mass is 10.1. The summed E-state index contributed by atoms with van der Waals surface area (Å²) in [6.07, 6.45) is 1.27. The number of sulfone groups is 1. The Hall–Kier alpha value is -3.39. The van der Waals surface area contributed by atoms with E-state index in [1.807, 2.05) is 32.9 Å². The zero-order chi connectivity index (χ0) is 23.5. The molecule has 168 valence electrons. The molecule has 1 heterocycles. The van der Waals surface area contributed by atoms with Crippen molar-refractivity contribution in [1.82, 2.24) is 4.90 Å². The van der Waals surface area contributed by atoms with Gasteiger partial charge in [-0.2, -0.15) is 0 Å². The van der Waals surface area contributed by atoms with Crippen LogP contribution in [0.25, 0.3) is 0 Å². The topological polar surface area (TPSA) is 96.7 Å². The van der Waals surface area contributed by atoms with Crippen molar-refractivity contribution in [3.63, 3.8) is 0 Å². The van der Waals surface area contributed by atoms with Crippen LogP contribution in [0, 0.1) is 20.8 Å². The van der Waals surface area contributed by atoms with Gasteiger partial charge in [0.05, 0.1) is 23.5 Å². The van der Waals surface area contributed by atoms with E-state index in [0.717, 1.165) is 16.7 Å². The highest BCUT2D eigenvalue weighted by molar-refractivity contribution is 7.90. The molecule has 8 heteroatoms. The number of likely N-dealkylation sites (N-methyl/N-ethyl adjacent to an activating group) is 1. The van der Waals surface area contributed by atoms with Crippen LogP contribution in [0.2, 0.25) is 0 Å². The van der Waals surface area contributed by atoms with E-state index in [0.29, 0.717) is 5.69 Å². The van der Waals surface area contributed by atoms with Crippen LogP contribution in [0.15, 0.2) is 64.1 Å². The first-order chi connectivity index (χ1) is 15.1. The third-order valence-electron chi connectivity index (χ3n) is 5.06. The van der Waals surface area contributed by atoms with Gasteiger partial charge in [-0.3, -0.25) is 9.59 Å². The summed E-state index contributed by atoms with van der Waals surface area (Å²) in [5.41, 5.74) is 3.93. The number of nitrogens with zero attached hydrogens (tertiary/aromatic N) is 1. The first-order valence-electron chi connectivity index (χ1n) is 10.1. The molecule has 3 aromatic rings. The van der Waals surface area contributed by atoms with Crippen LogP contribution in [0.1, 0.15) is 32.8 Å². The molecule has 3 rings (SSSR count). The van der Waals surface area contributed by atoms with Crippen molar-refractivity contribution in [1.29, 1.82) is 0 Å². The Balaban J connectivity index is 1.71. The van der Waals surface area contributed by atoms with Gasteiger partial charge in [0, 0.05) is 18.3 Å². The first-order valence-corrected chi connectivity index (χ1v) is 11.7. The maximum absolute atomic E-state index is 12.9. The van der Waals surface area contributed by atoms with Gasteiger partial charge in [0.1, 0.15) is 0 Å². The fraction of sp³-hybridized carbons (Fsp3) is 0.250. The fourth-order valence-electron chi connectivity index (χ4n) is 3.57. The Kier molecular flexibility index (Phi) is 6.84. The Labute approximate surface area is 188 Å². The van der Waals surface area contributed by atoms with Gasteiger partial charge in [0.25, 0.3) is 5.91 Å². The molecular weight excluding hydrogens is 428 g/mol. The molecule has 2 aromatic carbocycles. The molecule has 0 atom stereocenters. The molecular formula is C24H26N2O5S. The molecule has 0 aliphatic rings. The molecule has 0 aliphatic heterocycles. The van der Waals surface area contributed by atoms with E-state index in [2.05, 4.69) is 5.32 Å². The molecule has 1 aromatic heterocycles. The van der Waals surface area contributed by atoms with Crippen LogP contribution in [0.3, 0.4) is 0 Å². The lowest BCUT2D eigenvalue weighted by Gasteiger charge is -2.18. The van der Waals surface area contributed by atoms with Crippen molar-refractivity contribution in [2.24, 2.45) is 0 Å². The number of benzene rings is 2. The summed E-state index contributed by atoms with van der Waals surface area (Å²) in [7, 11) is -2.18. The predicted octanol–water partition coefficient (Wildman–Crippen LogP) is 3.89. The summed E-state index contributed by atoms with van der Waals surface area (Å²) < 4.78 is 30.7. The molecule has 2 amide bonds. The SMILES string of the molecule is Cc1cc(C)c(NC(=O)CN(C)C(=O)c2occc2CS(=O)(=O)c2ccccc2)c(C)c1. The molecule has 0 aliphatic carbocycles. The number of nitrogens with one attached hydrogen (secondary N) is 1. The number of rotatable bonds is 7. The molecule has 1 N–H and O–H groups in total. The molecule has 0 saturated carbocycles. The quantitative estimate of drug-likeness (QED) is 0.584. The number of carbonyl (C=O) groups excluding carboxylic acids is 2. The van der Waals surface area contributed by atoms with Gasteiger partial charge in [0.2, 0.25) is 5.91 Å². The standard InChI is InChI=1S/C24H26N2O5S/c1-16-12-17(2)22(18(3)13-16)25-21(27)14-26(4)24(28)23-19(10-11-31-23)15-32(29,30)20-8-6-5-7-9-20/h5-13H,14-15H2,1-4H3,(H,25,27). The molecule has 0 saturated heterocycles. The molecule has 0 fully saturated rings. The summed E-state index contributed by atoms with van der Waals surface area (Å²) in [5.74, 6) is -1.40. The summed E-state index contributed by atoms with van der Waals surface area (Å²) in [6, 6.07) is 13.4. The second-order valence-corrected chi connectivity index (χ2v) is 9.82. The average molecular weight is 455 g/mol. The van der Waals surface area contributed by atoms with Crippen molar-refractivity contribution in [3.8, 4) is 0 Å². The monoisotopic (exact) mass is 454 g/mol. The van der Waals surface area contributed by atoms with Crippen LogP contribution in [0.5, 0.6) is 0 Å². The van der Waals surface area contributed by atoms with E-state index >= 15 is 0 Å². The number of hydrogen-bond donors (Lipinski definition) is 1. The predicted molar refractivity (Wildman–Crippen MR) is 122 cm³/mol. The Morgan fingerprint density at radius 3 is 2.25 bits per heavy atom. The Bertz CT molecular complexity index is 1220. The molecule has 0 spiro atoms. The maximum Gasteiger partial charge on any atom is 0.290 e. The van der Waals surface area contributed by atoms with Gasteiger partial charge in [-0.1, -0.05) is 35.9 Å². The number of aryl methyl sites for hydroxylation is 3. The molecule has 0 radical (unpaired) electrons. The summed E-state index contributed by atoms with van der Waals surface area (Å²) in [6.45, 7) is 5.59. The van der Waals surface area contributed by atoms with Crippen LogP contribution >= 0.6 is 0 Å². The normalized spacial score (nSPS) is 11.2. The van der Waals surface area contributed by atoms with Gasteiger partial charge >= 0.3 is 0 Å². The van der Waals surface area contributed by atoms with Crippen LogP contribution in [-0.2, 0) is 20.4 Å². The van der Waals surface area contributed by atoms with Gasteiger partial charge in [-0.25, -0.2) is 8.42 Å². The van der Waals surface area contributed by atoms with E-state index in [4.69, 9.17) is 4.42 Å². The molecule has 0 unspecified atom stereocenters. The number of amides is 2. The molecule has 32 heavy (non-hydrogen) atoms. The second-order valence-electron chi connectivity index (χ2n) is 7.83. The summed E-state index contributed by atoms with van der Waals surface area (Å²) >= 11 is 0. The Morgan fingerprint density at radius 2 is 1.62 bits per heavy atom. The van der Waals surface area contributed by atoms with Crippen molar-refractivity contribution >= 4 is 27.3 Å². The van der Waals surface area contributed by atoms with E-state index in [-0.39, 0.29) is 34.4 Å². The number of carbonyl (C=O) groups is 2. The minimum Gasteiger partial charge on any atom is -0.459 e. The molecule has 7 nitrogen and oxygen atoms in total. The van der Waals surface area contributed by atoms with Gasteiger partial charge in [0.15, 0.2) is 15.6 Å². The van der Waals surface area contributed by atoms with E-state index in [1.165, 1.54) is 36.4 Å². The van der Waals surface area contributed by atoms with Crippen LogP contribution in [0.4, 0.5) is 5.69 Å². The van der Waals surface area contributed by atoms with E-state index in [9.17, 15) is 18.0 Å². The summed E-state index contributed by atoms with van der Waals surface area (Å²) in [4.78, 5) is 26.8. The van der Waals surface area contributed by atoms with Crippen LogP contribution in [-0.4, -0.2) is 38.7 Å². The third kappa shape index (κ3) is 5.26. The minimum absolute atomic E-state index is 0.0949. The molecule has 0 bridgehead atoms. The maximum atomic E-state index is 12.9. The third-order valence-corrected chi connectivity index (χ3v) is 6.74. The number of furan rings is 1. The second kappa shape index (κ2) is 9.40. The highest BCUT2D eigenvalue weighted by atomic mass is 32.2. The highest BCUT2D eigenvalue weighted by Gasteiger charge is 2.25. The smallest absolute Gasteiger partial charge is 0.290 e. The number of anilines is 1. The van der Waals surface area contributed by atoms with E-state index < -0.39 is 15.7 Å². The van der Waals surface area contributed by atoms with Crippen molar-refractivity contribution in [2.75, 3.05) is 18.9 Å². The van der Waals surface area contributed by atoms with Gasteiger partial charge < -0.3 is 14.6 Å². The fourth-order valence-corrected chi connectivity index (χ4v) is 4.94. The minimum atomic E-state index is -3.65. The summed E-state index contributed by atoms with van der Waals surface area (Å²) in [5, 5.41) is 2.85. The van der Waals surface area contributed by atoms with Crippen LogP contribution < -0.4 is 5.32 Å². The van der Waals surface area contributed by atoms with Gasteiger partial charge in [-0.05, 0) is 50.1 Å². The van der Waals surface area contributed by atoms with Crippen molar-refractivity contribution < 1.29 is 22.4 Å². The lowest BCUT2D eigenvalue weighted by Crippen LogP contribution is -2.35. The van der Waals surface area contributed by atoms with Crippen molar-refractivity contribution in [3.05, 3.63) is 82.8 Å².